The van der Waals surface area contributed by atoms with E-state index in [-0.39, 0.29) is 0 Å². The molecule has 0 atom stereocenters. The van der Waals surface area contributed by atoms with Gasteiger partial charge in [-0.2, -0.15) is 0 Å². The molecule has 0 aromatic heterocycles. The zero-order chi connectivity index (χ0) is 14.1. The lowest BCUT2D eigenvalue weighted by Crippen LogP contribution is -2.41. The molecule has 0 bridgehead atoms. The van der Waals surface area contributed by atoms with Crippen molar-refractivity contribution in [1.82, 2.24) is 15.1 Å². The first-order chi connectivity index (χ1) is 9.15. The normalized spacial score (nSPS) is 18.6. The Morgan fingerprint density at radius 2 is 1.84 bits per heavy atom. The van der Waals surface area contributed by atoms with Gasteiger partial charge >= 0.3 is 0 Å². The number of rotatable bonds is 9. The number of hydrogen-bond acceptors (Lipinski definition) is 3. The van der Waals surface area contributed by atoms with E-state index in [1.54, 1.807) is 0 Å². The Labute approximate surface area is 120 Å². The van der Waals surface area contributed by atoms with Crippen molar-refractivity contribution in [2.24, 2.45) is 5.92 Å². The summed E-state index contributed by atoms with van der Waals surface area (Å²) >= 11 is 0. The number of hydrogen-bond donors (Lipinski definition) is 1. The van der Waals surface area contributed by atoms with Gasteiger partial charge in [-0.25, -0.2) is 0 Å². The fourth-order valence-corrected chi connectivity index (χ4v) is 2.97. The molecule has 19 heavy (non-hydrogen) atoms. The molecule has 1 N–H and O–H groups in total. The third kappa shape index (κ3) is 7.28. The Hall–Kier alpha value is -0.120. The van der Waals surface area contributed by atoms with Crippen LogP contribution in [0.2, 0.25) is 0 Å². The second kappa shape index (κ2) is 9.73. The van der Waals surface area contributed by atoms with Crippen molar-refractivity contribution in [3.8, 4) is 0 Å². The summed E-state index contributed by atoms with van der Waals surface area (Å²) in [5, 5.41) is 3.54. The van der Waals surface area contributed by atoms with E-state index >= 15 is 0 Å². The van der Waals surface area contributed by atoms with Gasteiger partial charge in [-0.15, -0.1) is 0 Å². The zero-order valence-electron chi connectivity index (χ0n) is 13.6. The van der Waals surface area contributed by atoms with E-state index < -0.39 is 0 Å². The first-order valence-corrected chi connectivity index (χ1v) is 8.33. The van der Waals surface area contributed by atoms with Crippen LogP contribution >= 0.6 is 0 Å². The molecule has 0 unspecified atom stereocenters. The van der Waals surface area contributed by atoms with Crippen LogP contribution in [0.25, 0.3) is 0 Å². The van der Waals surface area contributed by atoms with Crippen molar-refractivity contribution < 1.29 is 0 Å². The van der Waals surface area contributed by atoms with Crippen molar-refractivity contribution >= 4 is 0 Å². The largest absolute Gasteiger partial charge is 0.313 e. The van der Waals surface area contributed by atoms with Gasteiger partial charge in [-0.05, 0) is 51.4 Å². The van der Waals surface area contributed by atoms with E-state index in [1.165, 1.54) is 58.5 Å². The molecule has 0 saturated carbocycles. The highest BCUT2D eigenvalue weighted by molar-refractivity contribution is 4.75. The maximum Gasteiger partial charge on any atom is 0.0107 e. The van der Waals surface area contributed by atoms with Gasteiger partial charge in [0.15, 0.2) is 0 Å². The summed E-state index contributed by atoms with van der Waals surface area (Å²) in [4.78, 5) is 5.25. The fourth-order valence-electron chi connectivity index (χ4n) is 2.97. The summed E-state index contributed by atoms with van der Waals surface area (Å²) in [6.07, 6.45) is 4.06. The lowest BCUT2D eigenvalue weighted by atomic mass is 9.96. The molecule has 0 spiro atoms. The van der Waals surface area contributed by atoms with Crippen LogP contribution in [-0.4, -0.2) is 61.7 Å². The molecular weight excluding hydrogens is 234 g/mol. The fraction of sp³-hybridized carbons (Fsp3) is 1.00. The molecule has 1 aliphatic rings. The van der Waals surface area contributed by atoms with Crippen LogP contribution in [0.4, 0.5) is 0 Å². The Morgan fingerprint density at radius 3 is 2.37 bits per heavy atom. The van der Waals surface area contributed by atoms with Gasteiger partial charge in [0.25, 0.3) is 0 Å². The van der Waals surface area contributed by atoms with Gasteiger partial charge in [0.1, 0.15) is 0 Å². The Bertz CT molecular complexity index is 210. The van der Waals surface area contributed by atoms with Crippen molar-refractivity contribution in [3.05, 3.63) is 0 Å². The molecule has 0 aromatic carbocycles. The third-order valence-electron chi connectivity index (χ3n) is 4.19. The van der Waals surface area contributed by atoms with Crippen molar-refractivity contribution in [2.45, 2.75) is 53.0 Å². The minimum atomic E-state index is 0.608. The molecule has 1 aliphatic heterocycles. The molecule has 1 heterocycles. The van der Waals surface area contributed by atoms with Crippen LogP contribution in [0.1, 0.15) is 47.0 Å². The van der Waals surface area contributed by atoms with Gasteiger partial charge in [0, 0.05) is 25.7 Å². The highest BCUT2D eigenvalue weighted by Gasteiger charge is 2.20. The predicted molar refractivity (Wildman–Crippen MR) is 84.7 cm³/mol. The average Bonchev–Trinajstić information content (AvgIpc) is 2.39. The molecular formula is C16H35N3. The van der Waals surface area contributed by atoms with Gasteiger partial charge < -0.3 is 15.1 Å². The lowest BCUT2D eigenvalue weighted by molar-refractivity contribution is 0.147. The van der Waals surface area contributed by atoms with Gasteiger partial charge in [-0.1, -0.05) is 27.7 Å². The van der Waals surface area contributed by atoms with Gasteiger partial charge in [0.05, 0.1) is 0 Å². The number of nitrogens with one attached hydrogen (secondary N) is 1. The second-order valence-electron chi connectivity index (χ2n) is 6.29. The summed E-state index contributed by atoms with van der Waals surface area (Å²) in [5.41, 5.74) is 0. The van der Waals surface area contributed by atoms with Crippen molar-refractivity contribution in [2.75, 3.05) is 45.8 Å². The summed E-state index contributed by atoms with van der Waals surface area (Å²) in [5.74, 6) is 0.924. The first-order valence-electron chi connectivity index (χ1n) is 8.33. The molecule has 1 fully saturated rings. The SMILES string of the molecule is CCCN(CCNC(C)C)CC1CCN(CC)CC1. The summed E-state index contributed by atoms with van der Waals surface area (Å²) < 4.78 is 0. The lowest BCUT2D eigenvalue weighted by Gasteiger charge is -2.34. The Kier molecular flexibility index (Phi) is 8.67. The zero-order valence-corrected chi connectivity index (χ0v) is 13.6. The Balaban J connectivity index is 2.24. The average molecular weight is 269 g/mol. The maximum atomic E-state index is 3.54. The van der Waals surface area contributed by atoms with Gasteiger partial charge in [-0.3, -0.25) is 0 Å². The smallest absolute Gasteiger partial charge is 0.0107 e. The van der Waals surface area contributed by atoms with E-state index in [4.69, 9.17) is 0 Å². The Morgan fingerprint density at radius 1 is 1.16 bits per heavy atom. The maximum absolute atomic E-state index is 3.54. The molecule has 0 amide bonds. The van der Waals surface area contributed by atoms with Crippen LogP contribution in [0, 0.1) is 5.92 Å². The minimum Gasteiger partial charge on any atom is -0.313 e. The summed E-state index contributed by atoms with van der Waals surface area (Å²) in [6.45, 7) is 17.8. The van der Waals surface area contributed by atoms with Crippen LogP contribution in [0.15, 0.2) is 0 Å². The number of piperidine rings is 1. The van der Waals surface area contributed by atoms with Crippen LogP contribution in [0.5, 0.6) is 0 Å². The highest BCUT2D eigenvalue weighted by Crippen LogP contribution is 2.18. The second-order valence-corrected chi connectivity index (χ2v) is 6.29. The molecule has 3 nitrogen and oxygen atoms in total. The van der Waals surface area contributed by atoms with E-state index in [0.717, 1.165) is 12.5 Å². The van der Waals surface area contributed by atoms with Crippen LogP contribution in [-0.2, 0) is 0 Å². The predicted octanol–water partition coefficient (Wildman–Crippen LogP) is 2.43. The molecule has 3 heteroatoms. The third-order valence-corrected chi connectivity index (χ3v) is 4.19. The minimum absolute atomic E-state index is 0.608. The summed E-state index contributed by atoms with van der Waals surface area (Å²) in [7, 11) is 0. The van der Waals surface area contributed by atoms with E-state index in [0.29, 0.717) is 6.04 Å². The van der Waals surface area contributed by atoms with Crippen LogP contribution < -0.4 is 5.32 Å². The molecule has 0 aromatic rings. The van der Waals surface area contributed by atoms with Crippen molar-refractivity contribution in [1.29, 1.82) is 0 Å². The topological polar surface area (TPSA) is 18.5 Å². The number of nitrogens with zero attached hydrogens (tertiary/aromatic N) is 2. The molecule has 0 radical (unpaired) electrons. The monoisotopic (exact) mass is 269 g/mol. The molecule has 1 saturated heterocycles. The molecule has 114 valence electrons. The summed E-state index contributed by atoms with van der Waals surface area (Å²) in [6, 6.07) is 0.608. The standard InChI is InChI=1S/C16H35N3/c1-5-10-19(13-9-17-15(3)4)14-16-7-11-18(6-2)12-8-16/h15-17H,5-14H2,1-4H3. The highest BCUT2D eigenvalue weighted by atomic mass is 15.2. The van der Waals surface area contributed by atoms with E-state index in [1.807, 2.05) is 0 Å². The van der Waals surface area contributed by atoms with E-state index in [2.05, 4.69) is 42.8 Å². The van der Waals surface area contributed by atoms with Crippen LogP contribution in [0.3, 0.4) is 0 Å². The van der Waals surface area contributed by atoms with Crippen molar-refractivity contribution in [3.63, 3.8) is 0 Å². The molecule has 0 aliphatic carbocycles. The number of likely N-dealkylation sites (tertiary alicyclic amines) is 1. The molecule has 1 rings (SSSR count). The first kappa shape index (κ1) is 16.9. The quantitative estimate of drug-likeness (QED) is 0.693. The van der Waals surface area contributed by atoms with E-state index in [9.17, 15) is 0 Å². The van der Waals surface area contributed by atoms with Gasteiger partial charge in [0.2, 0.25) is 0 Å².